The molecule has 3 N–H and O–H groups in total. The number of nitrogens with one attached hydrogen (secondary N) is 3. The summed E-state index contributed by atoms with van der Waals surface area (Å²) in [4.78, 5) is 36.4. The van der Waals surface area contributed by atoms with Crippen LogP contribution in [0, 0.1) is 23.2 Å². The van der Waals surface area contributed by atoms with Gasteiger partial charge in [-0.15, -0.1) is 0 Å². The molecule has 1 heterocycles. The topological polar surface area (TPSA) is 111 Å². The number of halogens is 1. The molecular weight excluding hydrogens is 380 g/mol. The zero-order valence-electron chi connectivity index (χ0n) is 15.3. The molecule has 4 amide bonds. The van der Waals surface area contributed by atoms with Crippen molar-refractivity contribution in [1.29, 1.82) is 5.26 Å². The average molecular weight is 401 g/mol. The highest BCUT2D eigenvalue weighted by Crippen LogP contribution is 2.44. The molecule has 1 saturated heterocycles. The molecule has 1 aromatic rings. The summed E-state index contributed by atoms with van der Waals surface area (Å²) in [5.74, 6) is -1.09. The van der Waals surface area contributed by atoms with Gasteiger partial charge in [-0.2, -0.15) is 5.26 Å². The Morgan fingerprint density at radius 3 is 2.57 bits per heavy atom. The highest BCUT2D eigenvalue weighted by atomic mass is 35.5. The summed E-state index contributed by atoms with van der Waals surface area (Å²) < 4.78 is 0. The number of urea groups is 1. The van der Waals surface area contributed by atoms with Crippen molar-refractivity contribution in [1.82, 2.24) is 16.0 Å². The van der Waals surface area contributed by atoms with Crippen molar-refractivity contribution in [2.24, 2.45) is 11.8 Å². The monoisotopic (exact) mass is 400 g/mol. The number of hydrogen-bond acceptors (Lipinski definition) is 4. The van der Waals surface area contributed by atoms with Crippen LogP contribution in [0.5, 0.6) is 0 Å². The summed E-state index contributed by atoms with van der Waals surface area (Å²) in [5, 5.41) is 18.5. The molecule has 1 atom stereocenters. The Labute approximate surface area is 167 Å². The van der Waals surface area contributed by atoms with Crippen molar-refractivity contribution in [2.45, 2.75) is 49.6 Å². The van der Waals surface area contributed by atoms with Gasteiger partial charge in [-0.3, -0.25) is 14.9 Å². The van der Waals surface area contributed by atoms with Crippen molar-refractivity contribution in [3.63, 3.8) is 0 Å². The first-order chi connectivity index (χ1) is 13.4. The maximum atomic E-state index is 13.0. The number of nitrogens with zero attached hydrogens (tertiary/aromatic N) is 1. The molecule has 7 nitrogen and oxygen atoms in total. The molecule has 2 aliphatic carbocycles. The van der Waals surface area contributed by atoms with Crippen LogP contribution in [0.15, 0.2) is 24.3 Å². The Balaban J connectivity index is 1.57. The van der Waals surface area contributed by atoms with Gasteiger partial charge >= 0.3 is 6.03 Å². The summed E-state index contributed by atoms with van der Waals surface area (Å²) >= 11 is 6.16. The smallest absolute Gasteiger partial charge is 0.322 e. The van der Waals surface area contributed by atoms with Gasteiger partial charge in [0.25, 0.3) is 5.91 Å². The Kier molecular flexibility index (Phi) is 4.54. The number of rotatable bonds is 4. The molecule has 1 aliphatic heterocycles. The van der Waals surface area contributed by atoms with Crippen LogP contribution < -0.4 is 16.0 Å². The molecule has 0 bridgehead atoms. The molecule has 2 saturated carbocycles. The highest BCUT2D eigenvalue weighted by Gasteiger charge is 2.58. The summed E-state index contributed by atoms with van der Waals surface area (Å²) in [6, 6.07) is 8.91. The van der Waals surface area contributed by atoms with Crippen LogP contribution >= 0.6 is 11.6 Å². The molecule has 1 spiro atoms. The van der Waals surface area contributed by atoms with Gasteiger partial charge in [-0.05, 0) is 49.3 Å². The van der Waals surface area contributed by atoms with E-state index in [0.29, 0.717) is 10.6 Å². The van der Waals surface area contributed by atoms with Crippen LogP contribution in [0.4, 0.5) is 4.79 Å². The van der Waals surface area contributed by atoms with Gasteiger partial charge in [0, 0.05) is 10.9 Å². The fourth-order valence-electron chi connectivity index (χ4n) is 4.77. The SMILES string of the molecule is N#CC(NC(=O)C1CC2(C1)NC(=O)NC2=O)(c1cccc(Cl)c1)C1CCCC1. The number of hydrogen-bond donors (Lipinski definition) is 3. The second kappa shape index (κ2) is 6.78. The van der Waals surface area contributed by atoms with Crippen LogP contribution in [0.1, 0.15) is 44.1 Å². The van der Waals surface area contributed by atoms with Gasteiger partial charge < -0.3 is 10.6 Å². The van der Waals surface area contributed by atoms with Gasteiger partial charge in [0.05, 0.1) is 6.07 Å². The Morgan fingerprint density at radius 2 is 2.00 bits per heavy atom. The van der Waals surface area contributed by atoms with E-state index in [0.717, 1.165) is 25.7 Å². The molecule has 1 aromatic carbocycles. The third kappa shape index (κ3) is 2.92. The predicted molar refractivity (Wildman–Crippen MR) is 101 cm³/mol. The third-order valence-electron chi connectivity index (χ3n) is 6.32. The molecule has 1 unspecified atom stereocenters. The minimum atomic E-state index is -1.15. The number of carbonyl (C=O) groups excluding carboxylic acids is 3. The van der Waals surface area contributed by atoms with E-state index >= 15 is 0 Å². The minimum Gasteiger partial charge on any atom is -0.334 e. The number of imide groups is 1. The lowest BCUT2D eigenvalue weighted by Crippen LogP contribution is -2.62. The maximum absolute atomic E-state index is 13.0. The largest absolute Gasteiger partial charge is 0.334 e. The minimum absolute atomic E-state index is 0.00318. The van der Waals surface area contributed by atoms with Gasteiger partial charge in [0.15, 0.2) is 5.54 Å². The lowest BCUT2D eigenvalue weighted by atomic mass is 9.67. The predicted octanol–water partition coefficient (Wildman–Crippen LogP) is 2.35. The van der Waals surface area contributed by atoms with Gasteiger partial charge in [-0.1, -0.05) is 36.6 Å². The number of amides is 4. The van der Waals surface area contributed by atoms with Crippen LogP contribution in [0.2, 0.25) is 5.02 Å². The van der Waals surface area contributed by atoms with E-state index < -0.39 is 28.9 Å². The molecule has 146 valence electrons. The van der Waals surface area contributed by atoms with Crippen molar-refractivity contribution in [2.75, 3.05) is 0 Å². The fraction of sp³-hybridized carbons (Fsp3) is 0.500. The third-order valence-corrected chi connectivity index (χ3v) is 6.55. The zero-order chi connectivity index (χ0) is 19.9. The van der Waals surface area contributed by atoms with E-state index in [9.17, 15) is 19.6 Å². The molecule has 3 fully saturated rings. The second-order valence-electron chi connectivity index (χ2n) is 8.00. The van der Waals surface area contributed by atoms with Crippen molar-refractivity contribution < 1.29 is 14.4 Å². The summed E-state index contributed by atoms with van der Waals surface area (Å²) in [6.45, 7) is 0. The van der Waals surface area contributed by atoms with Crippen molar-refractivity contribution >= 4 is 29.4 Å². The van der Waals surface area contributed by atoms with Crippen LogP contribution in [-0.4, -0.2) is 23.4 Å². The van der Waals surface area contributed by atoms with Crippen LogP contribution in [0.3, 0.4) is 0 Å². The second-order valence-corrected chi connectivity index (χ2v) is 8.43. The van der Waals surface area contributed by atoms with Gasteiger partial charge in [-0.25, -0.2) is 4.79 Å². The lowest BCUT2D eigenvalue weighted by Gasteiger charge is -2.43. The lowest BCUT2D eigenvalue weighted by molar-refractivity contribution is -0.137. The van der Waals surface area contributed by atoms with E-state index in [1.165, 1.54) is 0 Å². The summed E-state index contributed by atoms with van der Waals surface area (Å²) in [5.41, 5.74) is -1.45. The van der Waals surface area contributed by atoms with E-state index in [1.807, 2.05) is 6.07 Å². The van der Waals surface area contributed by atoms with Crippen molar-refractivity contribution in [3.05, 3.63) is 34.9 Å². The molecular formula is C20H21ClN4O3. The molecule has 28 heavy (non-hydrogen) atoms. The van der Waals surface area contributed by atoms with Crippen LogP contribution in [0.25, 0.3) is 0 Å². The summed E-state index contributed by atoms with van der Waals surface area (Å²) in [6.07, 6.45) is 4.21. The fourth-order valence-corrected chi connectivity index (χ4v) is 4.96. The normalized spacial score (nSPS) is 28.8. The highest BCUT2D eigenvalue weighted by molar-refractivity contribution is 6.30. The Morgan fingerprint density at radius 1 is 1.29 bits per heavy atom. The molecule has 3 aliphatic rings. The zero-order valence-corrected chi connectivity index (χ0v) is 16.0. The molecule has 0 radical (unpaired) electrons. The standard InChI is InChI=1S/C20H21ClN4O3/c21-15-7-3-6-14(8-15)20(11-22,13-4-1-2-5-13)24-16(26)12-9-19(10-12)17(27)23-18(28)25-19/h3,6-8,12-13H,1-2,4-5,9-10H2,(H,24,26)(H2,23,25,27,28). The average Bonchev–Trinajstić information content (AvgIpc) is 3.26. The first-order valence-corrected chi connectivity index (χ1v) is 9.89. The maximum Gasteiger partial charge on any atom is 0.322 e. The number of benzene rings is 1. The first-order valence-electron chi connectivity index (χ1n) is 9.51. The van der Waals surface area contributed by atoms with Crippen molar-refractivity contribution in [3.8, 4) is 6.07 Å². The van der Waals surface area contributed by atoms with E-state index in [1.54, 1.807) is 18.2 Å². The Hall–Kier alpha value is -2.59. The molecule has 8 heteroatoms. The van der Waals surface area contributed by atoms with E-state index in [4.69, 9.17) is 11.6 Å². The van der Waals surface area contributed by atoms with E-state index in [-0.39, 0.29) is 24.7 Å². The molecule has 4 rings (SSSR count). The number of nitriles is 1. The Bertz CT molecular complexity index is 884. The van der Waals surface area contributed by atoms with Crippen LogP contribution in [-0.2, 0) is 15.1 Å². The van der Waals surface area contributed by atoms with Gasteiger partial charge in [0.2, 0.25) is 5.91 Å². The quantitative estimate of drug-likeness (QED) is 0.673. The summed E-state index contributed by atoms with van der Waals surface area (Å²) in [7, 11) is 0. The van der Waals surface area contributed by atoms with Gasteiger partial charge in [0.1, 0.15) is 5.54 Å². The van der Waals surface area contributed by atoms with E-state index in [2.05, 4.69) is 22.0 Å². The number of carbonyl (C=O) groups is 3. The first kappa shape index (κ1) is 18.8. The molecule has 0 aromatic heterocycles.